The monoisotopic (exact) mass is 453 g/mol. The Morgan fingerprint density at radius 1 is 1.28 bits per heavy atom. The zero-order chi connectivity index (χ0) is 22.5. The molecule has 1 atom stereocenters. The number of nitrogens with one attached hydrogen (secondary N) is 3. The lowest BCUT2D eigenvalue weighted by molar-refractivity contribution is 0.0911. The number of aliphatic hydroxyl groups excluding tert-OH is 1. The third-order valence-corrected chi connectivity index (χ3v) is 6.09. The molecule has 32 heavy (non-hydrogen) atoms. The summed E-state index contributed by atoms with van der Waals surface area (Å²) in [7, 11) is 0. The van der Waals surface area contributed by atoms with Crippen LogP contribution in [0.4, 0.5) is 5.95 Å². The number of H-pyrrole nitrogens is 1. The Labute approximate surface area is 192 Å². The van der Waals surface area contributed by atoms with Crippen LogP contribution in [0.15, 0.2) is 42.7 Å². The first-order chi connectivity index (χ1) is 15.5. The SMILES string of the molecule is Cc1cnc(NC2CCCCC2)nc1-c1c[nH]c(C(=O)N[C@H](CO)c2cccc(Cl)c2)c1. The smallest absolute Gasteiger partial charge is 0.268 e. The van der Waals surface area contributed by atoms with Crippen molar-refractivity contribution in [2.75, 3.05) is 11.9 Å². The molecule has 8 heteroatoms. The summed E-state index contributed by atoms with van der Waals surface area (Å²) in [5, 5.41) is 16.6. The largest absolute Gasteiger partial charge is 0.394 e. The first kappa shape index (κ1) is 22.3. The van der Waals surface area contributed by atoms with Crippen LogP contribution in [0.2, 0.25) is 5.02 Å². The van der Waals surface area contributed by atoms with Crippen LogP contribution in [0, 0.1) is 6.92 Å². The molecule has 1 aliphatic carbocycles. The van der Waals surface area contributed by atoms with Gasteiger partial charge in [0.05, 0.1) is 18.3 Å². The molecule has 168 valence electrons. The van der Waals surface area contributed by atoms with E-state index < -0.39 is 6.04 Å². The summed E-state index contributed by atoms with van der Waals surface area (Å²) in [5.41, 5.74) is 3.65. The lowest BCUT2D eigenvalue weighted by Crippen LogP contribution is -2.31. The van der Waals surface area contributed by atoms with Gasteiger partial charge < -0.3 is 20.7 Å². The fourth-order valence-electron chi connectivity index (χ4n) is 4.09. The number of aromatic nitrogens is 3. The molecule has 0 spiro atoms. The highest BCUT2D eigenvalue weighted by atomic mass is 35.5. The highest BCUT2D eigenvalue weighted by Crippen LogP contribution is 2.25. The second-order valence-electron chi connectivity index (χ2n) is 8.27. The molecule has 4 rings (SSSR count). The molecule has 1 aliphatic rings. The standard InChI is InChI=1S/C24H28ClN5O2/c1-15-12-27-24(28-19-8-3-2-4-9-19)30-22(15)17-11-20(26-13-17)23(32)29-21(14-31)16-6-5-7-18(25)10-16/h5-7,10-13,19,21,26,31H,2-4,8-9,14H2,1H3,(H,29,32)(H,27,28,30)/t21-/m1/s1. The normalized spacial score (nSPS) is 15.3. The lowest BCUT2D eigenvalue weighted by Gasteiger charge is -2.22. The predicted octanol–water partition coefficient (Wildman–Crippen LogP) is 4.64. The maximum absolute atomic E-state index is 12.8. The van der Waals surface area contributed by atoms with Gasteiger partial charge in [0.1, 0.15) is 5.69 Å². The Hall–Kier alpha value is -2.90. The number of benzene rings is 1. The number of halogens is 1. The molecule has 4 N–H and O–H groups in total. The molecule has 2 aromatic heterocycles. The third-order valence-electron chi connectivity index (χ3n) is 5.85. The maximum Gasteiger partial charge on any atom is 0.268 e. The van der Waals surface area contributed by atoms with E-state index >= 15 is 0 Å². The molecule has 0 saturated heterocycles. The Balaban J connectivity index is 1.49. The first-order valence-electron chi connectivity index (χ1n) is 11.0. The van der Waals surface area contributed by atoms with E-state index in [1.165, 1.54) is 19.3 Å². The van der Waals surface area contributed by atoms with E-state index in [1.54, 1.807) is 36.7 Å². The van der Waals surface area contributed by atoms with Crippen LogP contribution in [-0.2, 0) is 0 Å². The molecule has 1 amide bonds. The quantitative estimate of drug-likeness (QED) is 0.417. The fraction of sp³-hybridized carbons (Fsp3) is 0.375. The van der Waals surface area contributed by atoms with Gasteiger partial charge in [-0.15, -0.1) is 0 Å². The number of hydrogen-bond donors (Lipinski definition) is 4. The molecular formula is C24H28ClN5O2. The van der Waals surface area contributed by atoms with Crippen molar-refractivity contribution in [3.05, 3.63) is 64.6 Å². The van der Waals surface area contributed by atoms with Crippen LogP contribution < -0.4 is 10.6 Å². The minimum Gasteiger partial charge on any atom is -0.394 e. The number of nitrogens with zero attached hydrogens (tertiary/aromatic N) is 2. The number of aromatic amines is 1. The number of amides is 1. The van der Waals surface area contributed by atoms with E-state index in [0.717, 1.165) is 35.2 Å². The van der Waals surface area contributed by atoms with Crippen molar-refractivity contribution in [3.8, 4) is 11.3 Å². The van der Waals surface area contributed by atoms with Crippen molar-refractivity contribution in [2.24, 2.45) is 0 Å². The molecule has 1 aromatic carbocycles. The average molecular weight is 454 g/mol. The molecule has 0 radical (unpaired) electrons. The summed E-state index contributed by atoms with van der Waals surface area (Å²) in [6.07, 6.45) is 9.61. The van der Waals surface area contributed by atoms with Gasteiger partial charge in [0, 0.05) is 29.0 Å². The minimum absolute atomic E-state index is 0.235. The molecule has 7 nitrogen and oxygen atoms in total. The number of aryl methyl sites for hydroxylation is 1. The van der Waals surface area contributed by atoms with Crippen LogP contribution in [0.25, 0.3) is 11.3 Å². The van der Waals surface area contributed by atoms with Gasteiger partial charge in [0.15, 0.2) is 0 Å². The highest BCUT2D eigenvalue weighted by Gasteiger charge is 2.19. The second kappa shape index (κ2) is 10.1. The topological polar surface area (TPSA) is 103 Å². The van der Waals surface area contributed by atoms with Gasteiger partial charge >= 0.3 is 0 Å². The van der Waals surface area contributed by atoms with Crippen molar-refractivity contribution >= 4 is 23.5 Å². The number of carbonyl (C=O) groups excluding carboxylic acids is 1. The van der Waals surface area contributed by atoms with Crippen LogP contribution in [0.3, 0.4) is 0 Å². The molecular weight excluding hydrogens is 426 g/mol. The van der Waals surface area contributed by atoms with Crippen LogP contribution in [-0.4, -0.2) is 38.6 Å². The van der Waals surface area contributed by atoms with Gasteiger partial charge in [-0.25, -0.2) is 9.97 Å². The Kier molecular flexibility index (Phi) is 7.07. The van der Waals surface area contributed by atoms with Gasteiger partial charge in [-0.3, -0.25) is 4.79 Å². The van der Waals surface area contributed by atoms with Gasteiger partial charge in [-0.05, 0) is 49.1 Å². The summed E-state index contributed by atoms with van der Waals surface area (Å²) >= 11 is 6.04. The van der Waals surface area contributed by atoms with Crippen LogP contribution in [0.1, 0.15) is 59.8 Å². The molecule has 2 heterocycles. The lowest BCUT2D eigenvalue weighted by atomic mass is 9.96. The number of aliphatic hydroxyl groups is 1. The zero-order valence-corrected chi connectivity index (χ0v) is 18.8. The molecule has 1 fully saturated rings. The summed E-state index contributed by atoms with van der Waals surface area (Å²) in [6, 6.07) is 8.71. The van der Waals surface area contributed by atoms with Crippen molar-refractivity contribution in [2.45, 2.75) is 51.1 Å². The Morgan fingerprint density at radius 3 is 2.84 bits per heavy atom. The molecule has 0 aliphatic heterocycles. The van der Waals surface area contributed by atoms with E-state index in [1.807, 2.05) is 13.0 Å². The van der Waals surface area contributed by atoms with E-state index in [9.17, 15) is 9.90 Å². The Morgan fingerprint density at radius 2 is 2.09 bits per heavy atom. The van der Waals surface area contributed by atoms with Gasteiger partial charge in [-0.1, -0.05) is 43.0 Å². The van der Waals surface area contributed by atoms with E-state index in [4.69, 9.17) is 16.6 Å². The number of anilines is 1. The van der Waals surface area contributed by atoms with E-state index in [-0.39, 0.29) is 12.5 Å². The Bertz CT molecular complexity index is 1080. The molecule has 1 saturated carbocycles. The van der Waals surface area contributed by atoms with Crippen molar-refractivity contribution < 1.29 is 9.90 Å². The first-order valence-corrected chi connectivity index (χ1v) is 11.4. The van der Waals surface area contributed by atoms with Crippen LogP contribution >= 0.6 is 11.6 Å². The summed E-state index contributed by atoms with van der Waals surface area (Å²) in [5.74, 6) is 0.300. The van der Waals surface area contributed by atoms with E-state index in [2.05, 4.69) is 20.6 Å². The summed E-state index contributed by atoms with van der Waals surface area (Å²) in [4.78, 5) is 25.0. The third kappa shape index (κ3) is 5.29. The van der Waals surface area contributed by atoms with Crippen LogP contribution in [0.5, 0.6) is 0 Å². The van der Waals surface area contributed by atoms with E-state index in [0.29, 0.717) is 22.7 Å². The fourth-order valence-corrected chi connectivity index (χ4v) is 4.29. The summed E-state index contributed by atoms with van der Waals surface area (Å²) in [6.45, 7) is 1.72. The van der Waals surface area contributed by atoms with Gasteiger partial charge in [0.2, 0.25) is 5.95 Å². The van der Waals surface area contributed by atoms with Gasteiger partial charge in [-0.2, -0.15) is 0 Å². The van der Waals surface area contributed by atoms with Gasteiger partial charge in [0.25, 0.3) is 5.91 Å². The second-order valence-corrected chi connectivity index (χ2v) is 8.71. The minimum atomic E-state index is -0.556. The predicted molar refractivity (Wildman–Crippen MR) is 126 cm³/mol. The molecule has 0 unspecified atom stereocenters. The summed E-state index contributed by atoms with van der Waals surface area (Å²) < 4.78 is 0. The zero-order valence-electron chi connectivity index (χ0n) is 18.1. The average Bonchev–Trinajstić information content (AvgIpc) is 3.29. The van der Waals surface area contributed by atoms with Crippen molar-refractivity contribution in [3.63, 3.8) is 0 Å². The van der Waals surface area contributed by atoms with Crippen molar-refractivity contribution in [1.82, 2.24) is 20.3 Å². The number of carbonyl (C=O) groups is 1. The maximum atomic E-state index is 12.8. The highest BCUT2D eigenvalue weighted by molar-refractivity contribution is 6.30. The number of rotatable bonds is 7. The molecule has 0 bridgehead atoms. The number of hydrogen-bond acceptors (Lipinski definition) is 5. The molecule has 3 aromatic rings. The van der Waals surface area contributed by atoms with Crippen molar-refractivity contribution in [1.29, 1.82) is 0 Å².